The molecule has 1 aliphatic rings. The number of para-hydroxylation sites is 2. The lowest BCUT2D eigenvalue weighted by molar-refractivity contribution is 0.0782. The van der Waals surface area contributed by atoms with Gasteiger partial charge in [-0.05, 0) is 85.5 Å². The van der Waals surface area contributed by atoms with E-state index < -0.39 is 0 Å². The summed E-state index contributed by atoms with van der Waals surface area (Å²) in [6.45, 7) is 4.15. The minimum Gasteiger partial charge on any atom is -0.353 e. The number of benzene rings is 4. The first-order valence-electron chi connectivity index (χ1n) is 15.7. The van der Waals surface area contributed by atoms with Crippen molar-refractivity contribution in [3.8, 4) is 0 Å². The number of imidazole rings is 1. The van der Waals surface area contributed by atoms with Gasteiger partial charge in [0.1, 0.15) is 5.82 Å². The van der Waals surface area contributed by atoms with Crippen molar-refractivity contribution in [3.05, 3.63) is 131 Å². The number of likely N-dealkylation sites (N-methyl/N-ethyl adjacent to an activating group) is 1. The normalized spacial score (nSPS) is 14.8. The molecule has 1 saturated heterocycles. The van der Waals surface area contributed by atoms with Crippen LogP contribution in [0, 0.1) is 5.82 Å². The second-order valence-corrected chi connectivity index (χ2v) is 12.4. The molecule has 6 rings (SSSR count). The number of aromatic nitrogens is 2. The van der Waals surface area contributed by atoms with Crippen molar-refractivity contribution < 1.29 is 9.18 Å². The fraction of sp³-hybridized carbons (Fsp3) is 0.297. The number of nitrogens with one attached hydrogen (secondary N) is 1. The SMILES string of the molecule is CN(CC(CCN1CCC(Nc2nc3ccccc3n2Cc2ccc(F)cc2)CC1)c1cccc(Cl)c1)C(=O)c1ccccc1. The number of anilines is 1. The summed E-state index contributed by atoms with van der Waals surface area (Å²) < 4.78 is 15.7. The standard InChI is InChI=1S/C37H39ClFN5O/c1-42(36(45)28-8-3-2-4-9-28)26-30(29-10-7-11-31(38)24-29)18-21-43-22-19-33(20-23-43)40-37-41-34-12-5-6-13-35(34)44(37)25-27-14-16-32(39)17-15-27/h2-17,24,30,33H,18-23,25-26H2,1H3,(H,40,41). The minimum atomic E-state index is -0.231. The molecule has 1 N–H and O–H groups in total. The molecule has 1 atom stereocenters. The summed E-state index contributed by atoms with van der Waals surface area (Å²) in [5.74, 6) is 0.820. The Labute approximate surface area is 269 Å². The molecule has 0 saturated carbocycles. The highest BCUT2D eigenvalue weighted by Crippen LogP contribution is 2.27. The van der Waals surface area contributed by atoms with Crippen LogP contribution in [0.15, 0.2) is 103 Å². The largest absolute Gasteiger partial charge is 0.353 e. The van der Waals surface area contributed by atoms with Crippen molar-refractivity contribution in [2.45, 2.75) is 37.8 Å². The monoisotopic (exact) mass is 623 g/mol. The smallest absolute Gasteiger partial charge is 0.253 e. The lowest BCUT2D eigenvalue weighted by Gasteiger charge is -2.34. The van der Waals surface area contributed by atoms with Gasteiger partial charge in [0.25, 0.3) is 5.91 Å². The van der Waals surface area contributed by atoms with Gasteiger partial charge in [-0.3, -0.25) is 4.79 Å². The van der Waals surface area contributed by atoms with E-state index in [0.717, 1.165) is 67.0 Å². The van der Waals surface area contributed by atoms with Gasteiger partial charge in [-0.25, -0.2) is 9.37 Å². The molecule has 0 aliphatic carbocycles. The van der Waals surface area contributed by atoms with E-state index in [-0.39, 0.29) is 17.6 Å². The number of hydrogen-bond acceptors (Lipinski definition) is 4. The first-order valence-corrected chi connectivity index (χ1v) is 16.1. The van der Waals surface area contributed by atoms with Gasteiger partial charge in [-0.2, -0.15) is 0 Å². The summed E-state index contributed by atoms with van der Waals surface area (Å²) in [4.78, 5) is 22.4. The predicted molar refractivity (Wildman–Crippen MR) is 181 cm³/mol. The lowest BCUT2D eigenvalue weighted by Crippen LogP contribution is -2.40. The number of carbonyl (C=O) groups is 1. The number of fused-ring (bicyclic) bond motifs is 1. The molecular weight excluding hydrogens is 585 g/mol. The molecule has 4 aromatic carbocycles. The second-order valence-electron chi connectivity index (χ2n) is 12.0. The molecule has 6 nitrogen and oxygen atoms in total. The Morgan fingerprint density at radius 3 is 2.47 bits per heavy atom. The Hall–Kier alpha value is -4.20. The molecular formula is C37H39ClFN5O. The van der Waals surface area contributed by atoms with Crippen LogP contribution in [-0.4, -0.2) is 64.5 Å². The third kappa shape index (κ3) is 7.72. The average molecular weight is 624 g/mol. The van der Waals surface area contributed by atoms with Gasteiger partial charge in [-0.15, -0.1) is 0 Å². The van der Waals surface area contributed by atoms with Gasteiger partial charge >= 0.3 is 0 Å². The minimum absolute atomic E-state index is 0.0277. The molecule has 0 spiro atoms. The quantitative estimate of drug-likeness (QED) is 0.164. The summed E-state index contributed by atoms with van der Waals surface area (Å²) >= 11 is 6.38. The number of rotatable bonds is 11. The molecule has 1 fully saturated rings. The summed E-state index contributed by atoms with van der Waals surface area (Å²) in [6, 6.07) is 32.6. The van der Waals surface area contributed by atoms with Gasteiger partial charge in [0.2, 0.25) is 5.95 Å². The van der Waals surface area contributed by atoms with Crippen molar-refractivity contribution in [1.29, 1.82) is 0 Å². The van der Waals surface area contributed by atoms with Gasteiger partial charge in [-0.1, -0.05) is 66.2 Å². The molecule has 2 heterocycles. The van der Waals surface area contributed by atoms with E-state index in [2.05, 4.69) is 26.9 Å². The van der Waals surface area contributed by atoms with Crippen molar-refractivity contribution >= 4 is 34.5 Å². The van der Waals surface area contributed by atoms with E-state index >= 15 is 0 Å². The van der Waals surface area contributed by atoms with Crippen LogP contribution in [0.3, 0.4) is 0 Å². The lowest BCUT2D eigenvalue weighted by atomic mass is 9.94. The molecule has 0 bridgehead atoms. The van der Waals surface area contributed by atoms with E-state index in [0.29, 0.717) is 29.7 Å². The Balaban J connectivity index is 1.08. The maximum absolute atomic E-state index is 13.5. The number of piperidine rings is 1. The molecule has 8 heteroatoms. The van der Waals surface area contributed by atoms with Crippen LogP contribution in [0.4, 0.5) is 10.3 Å². The van der Waals surface area contributed by atoms with Crippen molar-refractivity contribution in [2.24, 2.45) is 0 Å². The third-order valence-corrected chi connectivity index (χ3v) is 9.04. The first-order chi connectivity index (χ1) is 21.9. The summed E-state index contributed by atoms with van der Waals surface area (Å²) in [6.07, 6.45) is 2.94. The fourth-order valence-electron chi connectivity index (χ4n) is 6.28. The number of carbonyl (C=O) groups excluding carboxylic acids is 1. The van der Waals surface area contributed by atoms with E-state index in [4.69, 9.17) is 16.6 Å². The predicted octanol–water partition coefficient (Wildman–Crippen LogP) is 7.70. The zero-order valence-corrected chi connectivity index (χ0v) is 26.3. The van der Waals surface area contributed by atoms with E-state index in [9.17, 15) is 9.18 Å². The van der Waals surface area contributed by atoms with Crippen LogP contribution >= 0.6 is 11.6 Å². The summed E-state index contributed by atoms with van der Waals surface area (Å²) in [5.41, 5.74) is 4.90. The molecule has 232 valence electrons. The van der Waals surface area contributed by atoms with Crippen molar-refractivity contribution in [3.63, 3.8) is 0 Å². The maximum atomic E-state index is 13.5. The second kappa shape index (κ2) is 14.3. The fourth-order valence-corrected chi connectivity index (χ4v) is 6.48. The maximum Gasteiger partial charge on any atom is 0.253 e. The summed E-state index contributed by atoms with van der Waals surface area (Å²) in [7, 11) is 1.88. The number of hydrogen-bond donors (Lipinski definition) is 1. The number of nitrogens with zero attached hydrogens (tertiary/aromatic N) is 4. The zero-order chi connectivity index (χ0) is 31.2. The highest BCUT2D eigenvalue weighted by molar-refractivity contribution is 6.30. The molecule has 45 heavy (non-hydrogen) atoms. The molecule has 1 aromatic heterocycles. The van der Waals surface area contributed by atoms with E-state index in [1.54, 1.807) is 0 Å². The average Bonchev–Trinajstić information content (AvgIpc) is 3.41. The number of halogens is 2. The van der Waals surface area contributed by atoms with E-state index in [1.165, 1.54) is 12.1 Å². The van der Waals surface area contributed by atoms with E-state index in [1.807, 2.05) is 90.8 Å². The molecule has 5 aromatic rings. The topological polar surface area (TPSA) is 53.4 Å². The van der Waals surface area contributed by atoms with Crippen molar-refractivity contribution in [2.75, 3.05) is 38.5 Å². The summed E-state index contributed by atoms with van der Waals surface area (Å²) in [5, 5.41) is 4.45. The van der Waals surface area contributed by atoms with Crippen LogP contribution < -0.4 is 5.32 Å². The van der Waals surface area contributed by atoms with Crippen LogP contribution in [-0.2, 0) is 6.54 Å². The highest BCUT2D eigenvalue weighted by atomic mass is 35.5. The van der Waals surface area contributed by atoms with Crippen LogP contribution in [0.2, 0.25) is 5.02 Å². The van der Waals surface area contributed by atoms with Gasteiger partial charge < -0.3 is 19.7 Å². The molecule has 1 amide bonds. The Morgan fingerprint density at radius 1 is 0.978 bits per heavy atom. The van der Waals surface area contributed by atoms with Crippen LogP contribution in [0.25, 0.3) is 11.0 Å². The van der Waals surface area contributed by atoms with Crippen LogP contribution in [0.5, 0.6) is 0 Å². The first kappa shape index (κ1) is 30.8. The zero-order valence-electron chi connectivity index (χ0n) is 25.6. The Kier molecular flexibility index (Phi) is 9.77. The Bertz CT molecular complexity index is 1720. The van der Waals surface area contributed by atoms with Gasteiger partial charge in [0, 0.05) is 49.2 Å². The van der Waals surface area contributed by atoms with Gasteiger partial charge in [0.15, 0.2) is 0 Å². The third-order valence-electron chi connectivity index (χ3n) is 8.80. The Morgan fingerprint density at radius 2 is 1.71 bits per heavy atom. The van der Waals surface area contributed by atoms with Crippen molar-refractivity contribution in [1.82, 2.24) is 19.4 Å². The van der Waals surface area contributed by atoms with Gasteiger partial charge in [0.05, 0.1) is 17.6 Å². The molecule has 0 radical (unpaired) electrons. The number of likely N-dealkylation sites (tertiary alicyclic amines) is 1. The van der Waals surface area contributed by atoms with Crippen LogP contribution in [0.1, 0.15) is 46.7 Å². The molecule has 1 aliphatic heterocycles. The molecule has 1 unspecified atom stereocenters. The number of amides is 1. The highest BCUT2D eigenvalue weighted by Gasteiger charge is 2.24.